The van der Waals surface area contributed by atoms with Crippen molar-refractivity contribution in [3.63, 3.8) is 0 Å². The fourth-order valence-corrected chi connectivity index (χ4v) is 3.86. The predicted molar refractivity (Wildman–Crippen MR) is 81.1 cm³/mol. The first-order valence-electron chi connectivity index (χ1n) is 8.10. The molecular weight excluding hydrogens is 248 g/mol. The number of aliphatic hydroxyl groups excluding tert-OH is 1. The van der Waals surface area contributed by atoms with Gasteiger partial charge in [0.1, 0.15) is 11.9 Å². The first-order chi connectivity index (χ1) is 9.65. The summed E-state index contributed by atoms with van der Waals surface area (Å²) in [5.41, 5.74) is 1.44. The zero-order valence-electron chi connectivity index (χ0n) is 12.6. The molecular formula is C18H26O2. The molecule has 2 nitrogen and oxygen atoms in total. The molecule has 3 atom stereocenters. The maximum absolute atomic E-state index is 10.1. The van der Waals surface area contributed by atoms with Gasteiger partial charge in [-0.25, -0.2) is 0 Å². The normalized spacial score (nSPS) is 29.1. The van der Waals surface area contributed by atoms with E-state index in [1.54, 1.807) is 0 Å². The Bertz CT molecular complexity index is 445. The van der Waals surface area contributed by atoms with Crippen molar-refractivity contribution >= 4 is 0 Å². The lowest BCUT2D eigenvalue weighted by Crippen LogP contribution is -2.58. The van der Waals surface area contributed by atoms with Crippen molar-refractivity contribution in [3.8, 4) is 5.75 Å². The summed E-state index contributed by atoms with van der Waals surface area (Å²) in [6.45, 7) is 4.47. The average Bonchev–Trinajstić information content (AvgIpc) is 2.99. The third-order valence-electron chi connectivity index (χ3n) is 5.62. The molecule has 0 radical (unpaired) electrons. The number of hydrogen-bond acceptors (Lipinski definition) is 2. The molecule has 2 saturated carbocycles. The van der Waals surface area contributed by atoms with Gasteiger partial charge < -0.3 is 9.84 Å². The first-order valence-corrected chi connectivity index (χ1v) is 8.10. The molecule has 1 aromatic carbocycles. The smallest absolute Gasteiger partial charge is 0.119 e. The molecule has 2 aliphatic rings. The third kappa shape index (κ3) is 2.24. The van der Waals surface area contributed by atoms with Crippen molar-refractivity contribution < 1.29 is 9.84 Å². The largest absolute Gasteiger partial charge is 0.490 e. The minimum absolute atomic E-state index is 0.0649. The summed E-state index contributed by atoms with van der Waals surface area (Å²) in [6, 6.07) is 8.55. The van der Waals surface area contributed by atoms with Crippen LogP contribution < -0.4 is 4.74 Å². The fraction of sp³-hybridized carbons (Fsp3) is 0.667. The Balaban J connectivity index is 1.66. The van der Waals surface area contributed by atoms with Gasteiger partial charge in [0.05, 0.1) is 6.10 Å². The molecule has 3 rings (SSSR count). The Hall–Kier alpha value is -1.02. The molecule has 3 unspecified atom stereocenters. The van der Waals surface area contributed by atoms with E-state index in [2.05, 4.69) is 38.1 Å². The second kappa shape index (κ2) is 5.40. The Morgan fingerprint density at radius 1 is 1.25 bits per heavy atom. The number of rotatable bonds is 4. The molecule has 2 heteroatoms. The molecule has 20 heavy (non-hydrogen) atoms. The molecule has 0 aliphatic heterocycles. The van der Waals surface area contributed by atoms with Crippen LogP contribution >= 0.6 is 0 Å². The van der Waals surface area contributed by atoms with Crippen molar-refractivity contribution in [3.05, 3.63) is 29.8 Å². The second-order valence-electron chi connectivity index (χ2n) is 6.68. The van der Waals surface area contributed by atoms with Gasteiger partial charge in [-0.05, 0) is 42.9 Å². The van der Waals surface area contributed by atoms with E-state index in [1.807, 2.05) is 0 Å². The Morgan fingerprint density at radius 2 is 1.90 bits per heavy atom. The standard InChI is InChI=1S/C18H26O2/c1-3-13(2)14-6-8-15(9-7-14)20-17-12-16(19)18(17)10-4-5-11-18/h6-9,13,16-17,19H,3-5,10-12H2,1-2H3. The number of benzene rings is 1. The highest BCUT2D eigenvalue weighted by Crippen LogP contribution is 2.54. The molecule has 1 N–H and O–H groups in total. The van der Waals surface area contributed by atoms with Crippen LogP contribution in [0.3, 0.4) is 0 Å². The topological polar surface area (TPSA) is 29.5 Å². The fourth-order valence-electron chi connectivity index (χ4n) is 3.86. The molecule has 0 bridgehead atoms. The summed E-state index contributed by atoms with van der Waals surface area (Å²) in [6.07, 6.45) is 6.77. The SMILES string of the molecule is CCC(C)c1ccc(OC2CC(O)C23CCCC3)cc1. The predicted octanol–water partition coefficient (Wildman–Crippen LogP) is 4.27. The van der Waals surface area contributed by atoms with E-state index >= 15 is 0 Å². The summed E-state index contributed by atoms with van der Waals surface area (Å²) in [4.78, 5) is 0. The molecule has 1 spiro atoms. The van der Waals surface area contributed by atoms with Crippen LogP contribution in [0.2, 0.25) is 0 Å². The zero-order valence-corrected chi connectivity index (χ0v) is 12.6. The minimum atomic E-state index is -0.144. The van der Waals surface area contributed by atoms with Crippen molar-refractivity contribution in [2.75, 3.05) is 0 Å². The number of aliphatic hydroxyl groups is 1. The van der Waals surface area contributed by atoms with Gasteiger partial charge in [-0.3, -0.25) is 0 Å². The molecule has 1 aromatic rings. The van der Waals surface area contributed by atoms with Crippen LogP contribution in [0.5, 0.6) is 5.75 Å². The van der Waals surface area contributed by atoms with E-state index in [0.29, 0.717) is 5.92 Å². The number of ether oxygens (including phenoxy) is 1. The maximum Gasteiger partial charge on any atom is 0.119 e. The highest BCUT2D eigenvalue weighted by Gasteiger charge is 2.57. The first kappa shape index (κ1) is 13.9. The van der Waals surface area contributed by atoms with E-state index in [0.717, 1.165) is 31.4 Å². The highest BCUT2D eigenvalue weighted by molar-refractivity contribution is 5.30. The van der Waals surface area contributed by atoms with Crippen LogP contribution in [-0.2, 0) is 0 Å². The van der Waals surface area contributed by atoms with Gasteiger partial charge in [-0.15, -0.1) is 0 Å². The molecule has 2 fully saturated rings. The van der Waals surface area contributed by atoms with Gasteiger partial charge in [0.15, 0.2) is 0 Å². The second-order valence-corrected chi connectivity index (χ2v) is 6.68. The van der Waals surface area contributed by atoms with Gasteiger partial charge in [0.2, 0.25) is 0 Å². The molecule has 0 heterocycles. The number of hydrogen-bond donors (Lipinski definition) is 1. The van der Waals surface area contributed by atoms with Gasteiger partial charge in [0, 0.05) is 11.8 Å². The van der Waals surface area contributed by atoms with Crippen LogP contribution in [0.1, 0.15) is 63.9 Å². The lowest BCUT2D eigenvalue weighted by Gasteiger charge is -2.51. The van der Waals surface area contributed by atoms with E-state index in [4.69, 9.17) is 4.74 Å². The summed E-state index contributed by atoms with van der Waals surface area (Å²) in [7, 11) is 0. The Morgan fingerprint density at radius 3 is 2.45 bits per heavy atom. The van der Waals surface area contributed by atoms with E-state index < -0.39 is 0 Å². The molecule has 110 valence electrons. The molecule has 0 saturated heterocycles. The van der Waals surface area contributed by atoms with E-state index in [9.17, 15) is 5.11 Å². The average molecular weight is 274 g/mol. The monoisotopic (exact) mass is 274 g/mol. The van der Waals surface area contributed by atoms with Crippen LogP contribution in [0.4, 0.5) is 0 Å². The summed E-state index contributed by atoms with van der Waals surface area (Å²) in [5, 5.41) is 10.1. The molecule has 0 amide bonds. The maximum atomic E-state index is 10.1. The molecule has 0 aromatic heterocycles. The minimum Gasteiger partial charge on any atom is -0.490 e. The lowest BCUT2D eigenvalue weighted by molar-refractivity contribution is -0.151. The van der Waals surface area contributed by atoms with Crippen molar-refractivity contribution in [2.45, 2.75) is 70.5 Å². The van der Waals surface area contributed by atoms with Gasteiger partial charge in [-0.2, -0.15) is 0 Å². The lowest BCUT2D eigenvalue weighted by atomic mass is 9.62. The summed E-state index contributed by atoms with van der Waals surface area (Å²) < 4.78 is 6.17. The van der Waals surface area contributed by atoms with Gasteiger partial charge in [-0.1, -0.05) is 38.8 Å². The molecule has 2 aliphatic carbocycles. The highest BCUT2D eigenvalue weighted by atomic mass is 16.5. The van der Waals surface area contributed by atoms with Crippen LogP contribution in [-0.4, -0.2) is 17.3 Å². The van der Waals surface area contributed by atoms with E-state index in [1.165, 1.54) is 18.4 Å². The van der Waals surface area contributed by atoms with Crippen molar-refractivity contribution in [1.29, 1.82) is 0 Å². The van der Waals surface area contributed by atoms with Gasteiger partial charge in [0.25, 0.3) is 0 Å². The summed E-state index contributed by atoms with van der Waals surface area (Å²) >= 11 is 0. The van der Waals surface area contributed by atoms with Crippen molar-refractivity contribution in [1.82, 2.24) is 0 Å². The Kier molecular flexibility index (Phi) is 3.76. The Labute approximate surface area is 122 Å². The van der Waals surface area contributed by atoms with Crippen LogP contribution in [0, 0.1) is 5.41 Å². The van der Waals surface area contributed by atoms with Crippen LogP contribution in [0.25, 0.3) is 0 Å². The third-order valence-corrected chi connectivity index (χ3v) is 5.62. The van der Waals surface area contributed by atoms with Gasteiger partial charge >= 0.3 is 0 Å². The quantitative estimate of drug-likeness (QED) is 0.888. The van der Waals surface area contributed by atoms with E-state index in [-0.39, 0.29) is 17.6 Å². The zero-order chi connectivity index (χ0) is 14.2. The van der Waals surface area contributed by atoms with Crippen molar-refractivity contribution in [2.24, 2.45) is 5.41 Å². The summed E-state index contributed by atoms with van der Waals surface area (Å²) in [5.74, 6) is 1.57. The van der Waals surface area contributed by atoms with Crippen LogP contribution in [0.15, 0.2) is 24.3 Å².